The lowest BCUT2D eigenvalue weighted by Gasteiger charge is -2.43. The van der Waals surface area contributed by atoms with Crippen molar-refractivity contribution in [3.8, 4) is 11.1 Å². The summed E-state index contributed by atoms with van der Waals surface area (Å²) in [5.74, 6) is -1.86. The Morgan fingerprint density at radius 3 is 2.52 bits per heavy atom. The molecule has 3 rings (SSSR count). The van der Waals surface area contributed by atoms with Gasteiger partial charge in [-0.05, 0) is 32.4 Å². The molecule has 0 saturated carbocycles. The molecular weight excluding hydrogens is 363 g/mol. The minimum Gasteiger partial charge on any atom is -0.293 e. The minimum absolute atomic E-state index is 0.265. The number of hydrogen-bond acceptors (Lipinski definition) is 4. The normalized spacial score (nSPS) is 16.0. The minimum atomic E-state index is -4.94. The maximum atomic E-state index is 13.1. The Balaban J connectivity index is 2.37. The third kappa shape index (κ3) is 2.43. The van der Waals surface area contributed by atoms with Gasteiger partial charge in [0.15, 0.2) is 0 Å². The summed E-state index contributed by atoms with van der Waals surface area (Å²) in [4.78, 5) is 13.7. The van der Waals surface area contributed by atoms with Crippen molar-refractivity contribution >= 4 is 44.5 Å². The highest BCUT2D eigenvalue weighted by molar-refractivity contribution is 7.80. The first-order valence-corrected chi connectivity index (χ1v) is 9.27. The lowest BCUT2D eigenvalue weighted by molar-refractivity contribution is -0.171. The number of aryl methyl sites for hydroxylation is 1. The van der Waals surface area contributed by atoms with E-state index in [9.17, 15) is 18.0 Å². The topological polar surface area (TPSA) is 20.3 Å². The molecule has 1 aliphatic heterocycles. The monoisotopic (exact) mass is 375 g/mol. The van der Waals surface area contributed by atoms with Gasteiger partial charge in [0.2, 0.25) is 0 Å². The molecule has 0 saturated heterocycles. The Kier molecular flexibility index (Phi) is 3.70. The SMILES string of the molecule is Cc1ccc2c(c1)N(C(=O)C(F)(F)F)C(C)(C)c1ssc(=S)c1-2. The van der Waals surface area contributed by atoms with E-state index in [1.807, 2.05) is 6.07 Å². The van der Waals surface area contributed by atoms with E-state index < -0.39 is 17.6 Å². The van der Waals surface area contributed by atoms with Crippen LogP contribution in [0.1, 0.15) is 24.3 Å². The van der Waals surface area contributed by atoms with Crippen LogP contribution in [0.25, 0.3) is 11.1 Å². The standard InChI is InChI=1S/C15H12F3NOS3/c1-7-4-5-8-9(6-7)19(13(20)15(16,17)18)14(2,3)11-10(8)12(21)23-22-11/h4-6H,1-3H3. The maximum Gasteiger partial charge on any atom is 0.471 e. The number of benzene rings is 1. The molecule has 1 amide bonds. The molecule has 1 aromatic carbocycles. The van der Waals surface area contributed by atoms with Crippen LogP contribution >= 0.6 is 32.9 Å². The molecule has 8 heteroatoms. The smallest absolute Gasteiger partial charge is 0.293 e. The van der Waals surface area contributed by atoms with Gasteiger partial charge in [0.25, 0.3) is 0 Å². The number of rotatable bonds is 0. The van der Waals surface area contributed by atoms with E-state index in [1.165, 1.54) is 20.7 Å². The van der Waals surface area contributed by atoms with Gasteiger partial charge in [0.05, 0.1) is 16.1 Å². The van der Waals surface area contributed by atoms with E-state index in [2.05, 4.69) is 0 Å². The molecule has 122 valence electrons. The molecule has 23 heavy (non-hydrogen) atoms. The number of hydrogen-bond donors (Lipinski definition) is 0. The Labute approximate surface area is 143 Å². The van der Waals surface area contributed by atoms with Gasteiger partial charge in [0.1, 0.15) is 3.82 Å². The van der Waals surface area contributed by atoms with E-state index in [-0.39, 0.29) is 5.69 Å². The quantitative estimate of drug-likeness (QED) is 0.437. The second kappa shape index (κ2) is 5.12. The molecule has 2 aromatic rings. The van der Waals surface area contributed by atoms with Gasteiger partial charge in [0, 0.05) is 11.1 Å². The van der Waals surface area contributed by atoms with Crippen molar-refractivity contribution in [3.63, 3.8) is 0 Å². The highest BCUT2D eigenvalue weighted by atomic mass is 32.9. The fourth-order valence-corrected chi connectivity index (χ4v) is 6.11. The summed E-state index contributed by atoms with van der Waals surface area (Å²) in [6.07, 6.45) is -4.94. The zero-order chi connectivity index (χ0) is 17.2. The second-order valence-electron chi connectivity index (χ2n) is 5.88. The van der Waals surface area contributed by atoms with Gasteiger partial charge >= 0.3 is 12.1 Å². The predicted molar refractivity (Wildman–Crippen MR) is 89.8 cm³/mol. The summed E-state index contributed by atoms with van der Waals surface area (Å²) in [5.41, 5.74) is 1.31. The number of carbonyl (C=O) groups excluding carboxylic acids is 1. The molecule has 0 fully saturated rings. The van der Waals surface area contributed by atoms with Crippen LogP contribution in [0.15, 0.2) is 18.2 Å². The van der Waals surface area contributed by atoms with Gasteiger partial charge in [-0.25, -0.2) is 0 Å². The summed E-state index contributed by atoms with van der Waals surface area (Å²) < 4.78 is 40.1. The van der Waals surface area contributed by atoms with Crippen LogP contribution in [0.3, 0.4) is 0 Å². The molecule has 1 aromatic heterocycles. The zero-order valence-electron chi connectivity index (χ0n) is 12.4. The Hall–Kier alpha value is -1.25. The number of halogens is 3. The third-order valence-corrected chi connectivity index (χ3v) is 7.19. The summed E-state index contributed by atoms with van der Waals surface area (Å²) >= 11 is 5.36. The predicted octanol–water partition coefficient (Wildman–Crippen LogP) is 5.66. The number of nitrogens with zero attached hydrogens (tertiary/aromatic N) is 1. The van der Waals surface area contributed by atoms with Crippen LogP contribution in [0.5, 0.6) is 0 Å². The molecule has 1 aliphatic rings. The average Bonchev–Trinajstić information content (AvgIpc) is 2.80. The third-order valence-electron chi connectivity index (χ3n) is 3.86. The molecule has 0 unspecified atom stereocenters. The average molecular weight is 375 g/mol. The maximum absolute atomic E-state index is 13.1. The molecule has 2 heterocycles. The second-order valence-corrected chi connectivity index (χ2v) is 8.69. The van der Waals surface area contributed by atoms with E-state index in [0.29, 0.717) is 14.3 Å². The van der Waals surface area contributed by atoms with Crippen LogP contribution in [0, 0.1) is 10.7 Å². The fourth-order valence-electron chi connectivity index (χ4n) is 2.83. The molecule has 0 aliphatic carbocycles. The van der Waals surface area contributed by atoms with Crippen LogP contribution in [0.4, 0.5) is 18.9 Å². The fraction of sp³-hybridized carbons (Fsp3) is 0.333. The van der Waals surface area contributed by atoms with Crippen LogP contribution in [0.2, 0.25) is 0 Å². The Morgan fingerprint density at radius 1 is 1.26 bits per heavy atom. The first kappa shape index (κ1) is 16.6. The number of anilines is 1. The largest absolute Gasteiger partial charge is 0.471 e. The lowest BCUT2D eigenvalue weighted by atomic mass is 9.87. The molecular formula is C15H12F3NOS3. The van der Waals surface area contributed by atoms with Crippen molar-refractivity contribution in [1.29, 1.82) is 0 Å². The lowest BCUT2D eigenvalue weighted by Crippen LogP contribution is -2.52. The van der Waals surface area contributed by atoms with E-state index in [4.69, 9.17) is 12.2 Å². The van der Waals surface area contributed by atoms with Crippen LogP contribution < -0.4 is 4.90 Å². The summed E-state index contributed by atoms with van der Waals surface area (Å²) in [7, 11) is 2.68. The summed E-state index contributed by atoms with van der Waals surface area (Å²) in [6.45, 7) is 5.03. The summed E-state index contributed by atoms with van der Waals surface area (Å²) in [6, 6.07) is 5.17. The molecule has 0 N–H and O–H groups in total. The molecule has 2 nitrogen and oxygen atoms in total. The van der Waals surface area contributed by atoms with Crippen molar-refractivity contribution in [2.75, 3.05) is 4.90 Å². The number of alkyl halides is 3. The number of fused-ring (bicyclic) bond motifs is 3. The Bertz CT molecular complexity index is 864. The van der Waals surface area contributed by atoms with Gasteiger partial charge in [-0.15, -0.1) is 0 Å². The van der Waals surface area contributed by atoms with Gasteiger partial charge < -0.3 is 0 Å². The highest BCUT2D eigenvalue weighted by Gasteiger charge is 2.51. The number of carbonyl (C=O) groups is 1. The van der Waals surface area contributed by atoms with Crippen molar-refractivity contribution < 1.29 is 18.0 Å². The van der Waals surface area contributed by atoms with E-state index in [0.717, 1.165) is 16.0 Å². The molecule has 0 spiro atoms. The van der Waals surface area contributed by atoms with Crippen LogP contribution in [-0.4, -0.2) is 12.1 Å². The van der Waals surface area contributed by atoms with Crippen molar-refractivity contribution in [1.82, 2.24) is 0 Å². The van der Waals surface area contributed by atoms with E-state index >= 15 is 0 Å². The van der Waals surface area contributed by atoms with Crippen molar-refractivity contribution in [2.45, 2.75) is 32.5 Å². The highest BCUT2D eigenvalue weighted by Crippen LogP contribution is 2.53. The first-order valence-electron chi connectivity index (χ1n) is 6.71. The summed E-state index contributed by atoms with van der Waals surface area (Å²) in [5, 5.41) is 0. The van der Waals surface area contributed by atoms with Crippen molar-refractivity contribution in [3.05, 3.63) is 32.5 Å². The Morgan fingerprint density at radius 2 is 1.91 bits per heavy atom. The van der Waals surface area contributed by atoms with Gasteiger partial charge in [-0.3, -0.25) is 9.69 Å². The molecule has 0 radical (unpaired) electrons. The first-order chi connectivity index (χ1) is 10.5. The number of amides is 1. The molecule has 0 atom stereocenters. The van der Waals surface area contributed by atoms with Crippen LogP contribution in [-0.2, 0) is 10.3 Å². The van der Waals surface area contributed by atoms with Gasteiger partial charge in [-0.2, -0.15) is 13.2 Å². The zero-order valence-corrected chi connectivity index (χ0v) is 14.9. The molecule has 0 bridgehead atoms. The van der Waals surface area contributed by atoms with E-state index in [1.54, 1.807) is 32.9 Å². The van der Waals surface area contributed by atoms with Gasteiger partial charge in [-0.1, -0.05) is 45.0 Å². The van der Waals surface area contributed by atoms with Crippen molar-refractivity contribution in [2.24, 2.45) is 0 Å².